The van der Waals surface area contributed by atoms with Crippen LogP contribution in [0.2, 0.25) is 0 Å². The highest BCUT2D eigenvalue weighted by Crippen LogP contribution is 2.37. The van der Waals surface area contributed by atoms with Crippen LogP contribution in [0.25, 0.3) is 0 Å². The third-order valence-electron chi connectivity index (χ3n) is 3.38. The number of benzene rings is 1. The molecule has 0 radical (unpaired) electrons. The van der Waals surface area contributed by atoms with Crippen molar-refractivity contribution in [2.24, 2.45) is 11.8 Å². The minimum absolute atomic E-state index is 0.0499. The molecule has 0 aromatic heterocycles. The van der Waals surface area contributed by atoms with Gasteiger partial charge in [0.05, 0.1) is 11.8 Å². The molecule has 0 heterocycles. The molecule has 0 amide bonds. The highest BCUT2D eigenvalue weighted by Gasteiger charge is 2.40. The molecule has 3 nitrogen and oxygen atoms in total. The summed E-state index contributed by atoms with van der Waals surface area (Å²) in [6.07, 6.45) is 7.10. The van der Waals surface area contributed by atoms with Crippen LogP contribution >= 0.6 is 12.0 Å². The molecule has 1 N–H and O–H groups in total. The van der Waals surface area contributed by atoms with Crippen molar-refractivity contribution in [3.63, 3.8) is 0 Å². The Kier molecular flexibility index (Phi) is 2.69. The number of fused-ring (bicyclic) bond motifs is 2. The summed E-state index contributed by atoms with van der Waals surface area (Å²) < 4.78 is 9.21. The third kappa shape index (κ3) is 1.50. The van der Waals surface area contributed by atoms with E-state index in [0.717, 1.165) is 0 Å². The molecular formula is C14H10O3S. The monoisotopic (exact) mass is 258 g/mol. The average Bonchev–Trinajstić information content (AvgIpc) is 2.44. The first-order chi connectivity index (χ1) is 8.74. The summed E-state index contributed by atoms with van der Waals surface area (Å²) in [6.45, 7) is 0. The lowest BCUT2D eigenvalue weighted by Crippen LogP contribution is -2.35. The lowest BCUT2D eigenvalue weighted by Gasteiger charge is -2.29. The minimum atomic E-state index is -0.428. The summed E-state index contributed by atoms with van der Waals surface area (Å²) in [6, 6.07) is 4.99. The van der Waals surface area contributed by atoms with E-state index in [2.05, 4.69) is 0 Å². The molecular weight excluding hydrogens is 248 g/mol. The number of carbonyl (C=O) groups is 2. The van der Waals surface area contributed by atoms with Gasteiger partial charge in [0, 0.05) is 28.1 Å². The lowest BCUT2D eigenvalue weighted by atomic mass is 9.72. The van der Waals surface area contributed by atoms with Crippen molar-refractivity contribution in [3.05, 3.63) is 53.6 Å². The van der Waals surface area contributed by atoms with E-state index in [1.54, 1.807) is 42.5 Å². The Hall–Kier alpha value is -1.65. The molecule has 1 aromatic rings. The van der Waals surface area contributed by atoms with E-state index in [-0.39, 0.29) is 11.6 Å². The van der Waals surface area contributed by atoms with Gasteiger partial charge in [-0.25, -0.2) is 0 Å². The second-order valence-electron chi connectivity index (χ2n) is 4.32. The molecule has 90 valence electrons. The molecule has 2 unspecified atom stereocenters. The molecule has 18 heavy (non-hydrogen) atoms. The predicted octanol–water partition coefficient (Wildman–Crippen LogP) is 2.99. The predicted molar refractivity (Wildman–Crippen MR) is 68.8 cm³/mol. The van der Waals surface area contributed by atoms with Crippen molar-refractivity contribution in [1.29, 1.82) is 0 Å². The molecule has 0 bridgehead atoms. The van der Waals surface area contributed by atoms with Gasteiger partial charge in [-0.2, -0.15) is 0 Å². The van der Waals surface area contributed by atoms with E-state index in [0.29, 0.717) is 28.1 Å². The molecule has 3 rings (SSSR count). The van der Waals surface area contributed by atoms with Gasteiger partial charge >= 0.3 is 0 Å². The molecule has 0 saturated heterocycles. The Bertz CT molecular complexity index is 601. The first kappa shape index (κ1) is 11.4. The Morgan fingerprint density at radius 2 is 1.67 bits per heavy atom. The van der Waals surface area contributed by atoms with Gasteiger partial charge < -0.3 is 4.55 Å². The maximum Gasteiger partial charge on any atom is 0.172 e. The topological polar surface area (TPSA) is 54.4 Å². The van der Waals surface area contributed by atoms with Crippen molar-refractivity contribution < 1.29 is 14.1 Å². The highest BCUT2D eigenvalue weighted by molar-refractivity contribution is 7.93. The summed E-state index contributed by atoms with van der Waals surface area (Å²) >= 11 is 0.513. The fraction of sp³-hybridized carbons (Fsp3) is 0.143. The highest BCUT2D eigenvalue weighted by atomic mass is 32.2. The van der Waals surface area contributed by atoms with Crippen LogP contribution in [-0.4, -0.2) is 16.1 Å². The number of ketones is 2. The van der Waals surface area contributed by atoms with E-state index in [1.165, 1.54) is 0 Å². The fourth-order valence-corrected chi connectivity index (χ4v) is 2.96. The van der Waals surface area contributed by atoms with Gasteiger partial charge in [-0.05, 0) is 6.07 Å². The molecule has 0 saturated carbocycles. The SMILES string of the molecule is O=C1c2cccc(SO)c2C(=O)C2C=CC=CC12. The summed E-state index contributed by atoms with van der Waals surface area (Å²) in [5, 5.41) is 0. The molecule has 2 atom stereocenters. The largest absolute Gasteiger partial charge is 0.325 e. The first-order valence-corrected chi connectivity index (χ1v) is 6.39. The molecule has 4 heteroatoms. The summed E-state index contributed by atoms with van der Waals surface area (Å²) in [7, 11) is 0. The molecule has 0 fully saturated rings. The maximum absolute atomic E-state index is 12.4. The van der Waals surface area contributed by atoms with E-state index >= 15 is 0 Å². The Labute approximate surface area is 108 Å². The van der Waals surface area contributed by atoms with Crippen molar-refractivity contribution in [1.82, 2.24) is 0 Å². The smallest absolute Gasteiger partial charge is 0.172 e. The lowest BCUT2D eigenvalue weighted by molar-refractivity contribution is 0.0799. The van der Waals surface area contributed by atoms with Gasteiger partial charge in [0.25, 0.3) is 0 Å². The zero-order chi connectivity index (χ0) is 12.7. The summed E-state index contributed by atoms with van der Waals surface area (Å²) in [5.41, 5.74) is 0.774. The number of rotatable bonds is 1. The minimum Gasteiger partial charge on any atom is -0.325 e. The molecule has 1 aromatic carbocycles. The van der Waals surface area contributed by atoms with Gasteiger partial charge in [-0.15, -0.1) is 0 Å². The number of hydrogen-bond acceptors (Lipinski definition) is 4. The van der Waals surface area contributed by atoms with Crippen LogP contribution < -0.4 is 0 Å². The van der Waals surface area contributed by atoms with Crippen LogP contribution in [0, 0.1) is 11.8 Å². The summed E-state index contributed by atoms with van der Waals surface area (Å²) in [4.78, 5) is 25.2. The van der Waals surface area contributed by atoms with Crippen molar-refractivity contribution in [2.45, 2.75) is 4.90 Å². The van der Waals surface area contributed by atoms with E-state index in [4.69, 9.17) is 0 Å². The number of carbonyl (C=O) groups excluding carboxylic acids is 2. The molecule has 0 spiro atoms. The van der Waals surface area contributed by atoms with Gasteiger partial charge in [-0.1, -0.05) is 36.4 Å². The number of hydrogen-bond donors (Lipinski definition) is 1. The Balaban J connectivity index is 2.23. The standard InChI is InChI=1S/C14H10O3S/c15-13-8-4-1-2-5-9(8)14(16)12-10(13)6-3-7-11(12)18-17/h1-9,17H. The van der Waals surface area contributed by atoms with Crippen LogP contribution in [0.1, 0.15) is 20.7 Å². The molecule has 2 aliphatic rings. The van der Waals surface area contributed by atoms with E-state index in [9.17, 15) is 14.1 Å². The van der Waals surface area contributed by atoms with Gasteiger partial charge in [0.15, 0.2) is 11.6 Å². The normalized spacial score (nSPS) is 24.9. The number of allylic oxidation sites excluding steroid dienone is 4. The second kappa shape index (κ2) is 4.23. The van der Waals surface area contributed by atoms with Crippen LogP contribution in [-0.2, 0) is 0 Å². The number of Topliss-reactive ketones (excluding diaryl/α,β-unsaturated/α-hetero) is 2. The maximum atomic E-state index is 12.4. The molecule has 2 aliphatic carbocycles. The van der Waals surface area contributed by atoms with Crippen molar-refractivity contribution in [2.75, 3.05) is 0 Å². The van der Waals surface area contributed by atoms with Crippen molar-refractivity contribution in [3.8, 4) is 0 Å². The quantitative estimate of drug-likeness (QED) is 0.787. The van der Waals surface area contributed by atoms with Crippen LogP contribution in [0.4, 0.5) is 0 Å². The van der Waals surface area contributed by atoms with Crippen molar-refractivity contribution >= 4 is 23.6 Å². The first-order valence-electron chi connectivity index (χ1n) is 5.62. The average molecular weight is 258 g/mol. The van der Waals surface area contributed by atoms with E-state index in [1.807, 2.05) is 0 Å². The molecule has 0 aliphatic heterocycles. The van der Waals surface area contributed by atoms with Gasteiger partial charge in [-0.3, -0.25) is 9.59 Å². The Morgan fingerprint density at radius 1 is 1.00 bits per heavy atom. The fourth-order valence-electron chi connectivity index (χ4n) is 2.52. The van der Waals surface area contributed by atoms with E-state index < -0.39 is 11.8 Å². The van der Waals surface area contributed by atoms with Crippen LogP contribution in [0.15, 0.2) is 47.4 Å². The zero-order valence-electron chi connectivity index (χ0n) is 9.37. The van der Waals surface area contributed by atoms with Gasteiger partial charge in [0.2, 0.25) is 0 Å². The summed E-state index contributed by atoms with van der Waals surface area (Å²) in [5.74, 6) is -0.962. The zero-order valence-corrected chi connectivity index (χ0v) is 10.2. The van der Waals surface area contributed by atoms with Crippen LogP contribution in [0.3, 0.4) is 0 Å². The third-order valence-corrected chi connectivity index (χ3v) is 3.91. The van der Waals surface area contributed by atoms with Gasteiger partial charge in [0.1, 0.15) is 0 Å². The van der Waals surface area contributed by atoms with Crippen LogP contribution in [0.5, 0.6) is 0 Å². The second-order valence-corrected chi connectivity index (χ2v) is 4.94. The Morgan fingerprint density at radius 3 is 2.33 bits per heavy atom.